The van der Waals surface area contributed by atoms with Crippen molar-refractivity contribution in [1.82, 2.24) is 0 Å². The maximum Gasteiger partial charge on any atom is 0.416 e. The lowest BCUT2D eigenvalue weighted by Crippen LogP contribution is -2.16. The summed E-state index contributed by atoms with van der Waals surface area (Å²) >= 11 is 10.00. The molecule has 0 amide bonds. The van der Waals surface area contributed by atoms with Crippen molar-refractivity contribution in [3.63, 3.8) is 0 Å². The molecular weight excluding hydrogens is 722 g/mol. The van der Waals surface area contributed by atoms with Crippen LogP contribution in [0.25, 0.3) is 33.4 Å². The molecule has 7 rings (SSSR count). The Bertz CT molecular complexity index is 1960. The maximum absolute atomic E-state index is 13.8. The Kier molecular flexibility index (Phi) is 6.31. The smallest absolute Gasteiger partial charge is 0.166 e. The van der Waals surface area contributed by atoms with Crippen LogP contribution in [0.5, 0.6) is 0 Å². The first-order valence-electron chi connectivity index (χ1n) is 12.6. The molecule has 0 atom stereocenters. The largest absolute Gasteiger partial charge is 0.416 e. The zero-order chi connectivity index (χ0) is 29.9. The van der Waals surface area contributed by atoms with E-state index in [-0.39, 0.29) is 0 Å². The molecule has 0 N–H and O–H groups in total. The van der Waals surface area contributed by atoms with E-state index in [0.29, 0.717) is 33.4 Å². The van der Waals surface area contributed by atoms with Crippen LogP contribution < -0.4 is 10.4 Å². The van der Waals surface area contributed by atoms with Gasteiger partial charge in [0.2, 0.25) is 0 Å². The van der Waals surface area contributed by atoms with Gasteiger partial charge in [0.25, 0.3) is 0 Å². The zero-order valence-corrected chi connectivity index (χ0v) is 26.4. The summed E-state index contributed by atoms with van der Waals surface area (Å²) in [6, 6.07) is 16.1. The minimum atomic E-state index is -4.50. The van der Waals surface area contributed by atoms with Crippen molar-refractivity contribution < 1.29 is 26.3 Å². The van der Waals surface area contributed by atoms with Gasteiger partial charge < -0.3 is 0 Å². The van der Waals surface area contributed by atoms with Gasteiger partial charge in [0.1, 0.15) is 0 Å². The summed E-state index contributed by atoms with van der Waals surface area (Å²) in [6.45, 7) is 3.30. The van der Waals surface area contributed by atoms with Gasteiger partial charge in [-0.25, -0.2) is 0 Å². The van der Waals surface area contributed by atoms with Crippen molar-refractivity contribution >= 4 is 65.7 Å². The van der Waals surface area contributed by atoms with Crippen LogP contribution in [0.15, 0.2) is 68.2 Å². The molecule has 0 unspecified atom stereocenters. The van der Waals surface area contributed by atoms with Crippen LogP contribution in [-0.4, -0.2) is 0 Å². The molecule has 2 aromatic heterocycles. The standard InChI is InChI=1S/C32H16Br2F6S2/c1-13-3-15(7-17(5-13)31(35,36)37)27-21-9-20-22(10-19(21)23-11-25(33)41-29(23)27)28(30-24(20)12-26(34)42-30)16-4-14(2)6-18(8-16)32(38,39)40/h3-12H,1-2H3. The van der Waals surface area contributed by atoms with Gasteiger partial charge in [0, 0.05) is 32.0 Å². The summed E-state index contributed by atoms with van der Waals surface area (Å²) in [5.41, 5.74) is 5.39. The molecule has 10 heteroatoms. The van der Waals surface area contributed by atoms with Crippen molar-refractivity contribution in [3.8, 4) is 22.3 Å². The molecule has 0 aliphatic heterocycles. The van der Waals surface area contributed by atoms with Gasteiger partial charge >= 0.3 is 12.4 Å². The van der Waals surface area contributed by atoms with E-state index < -0.39 is 23.5 Å². The fourth-order valence-corrected chi connectivity index (χ4v) is 9.34. The van der Waals surface area contributed by atoms with E-state index in [1.54, 1.807) is 26.0 Å². The second-order valence-corrected chi connectivity index (χ2v) is 15.3. The number of rotatable bonds is 2. The lowest BCUT2D eigenvalue weighted by atomic mass is 9.97. The van der Waals surface area contributed by atoms with Gasteiger partial charge in [-0.1, -0.05) is 12.1 Å². The Balaban J connectivity index is 1.59. The van der Waals surface area contributed by atoms with E-state index in [0.717, 1.165) is 62.2 Å². The number of fused-ring (bicyclic) bond motifs is 6. The molecule has 5 aromatic rings. The van der Waals surface area contributed by atoms with Crippen LogP contribution >= 0.6 is 54.5 Å². The summed E-state index contributed by atoms with van der Waals surface area (Å²) < 4.78 is 84.6. The van der Waals surface area contributed by atoms with E-state index in [1.165, 1.54) is 34.8 Å². The Morgan fingerprint density at radius 1 is 0.500 bits per heavy atom. The second-order valence-electron chi connectivity index (χ2n) is 10.5. The third kappa shape index (κ3) is 4.44. The average Bonchev–Trinajstić information content (AvgIpc) is 3.58. The van der Waals surface area contributed by atoms with Gasteiger partial charge in [-0.05, 0) is 138 Å². The SMILES string of the molecule is Cc1cc(C2=c3cc4c(cc3-c3cc(Br)sc32)=C(c2cc(C)cc(C(F)(F)F)c2)c2sc(Br)cc2-4)cc(C(F)(F)F)c1. The predicted octanol–water partition coefficient (Wildman–Crippen LogP) is 10.4. The summed E-state index contributed by atoms with van der Waals surface area (Å²) in [7, 11) is 0. The molecule has 3 aromatic carbocycles. The van der Waals surface area contributed by atoms with E-state index in [1.807, 2.05) is 24.3 Å². The van der Waals surface area contributed by atoms with Gasteiger partial charge in [0.05, 0.1) is 18.7 Å². The second kappa shape index (κ2) is 9.42. The Morgan fingerprint density at radius 2 is 0.881 bits per heavy atom. The molecule has 0 radical (unpaired) electrons. The minimum Gasteiger partial charge on any atom is -0.166 e. The lowest BCUT2D eigenvalue weighted by Gasteiger charge is -2.12. The molecule has 2 aliphatic rings. The highest BCUT2D eigenvalue weighted by molar-refractivity contribution is 9.11. The van der Waals surface area contributed by atoms with E-state index in [4.69, 9.17) is 0 Å². The van der Waals surface area contributed by atoms with Gasteiger partial charge in [-0.15, -0.1) is 22.7 Å². The van der Waals surface area contributed by atoms with Gasteiger partial charge in [-0.2, -0.15) is 26.3 Å². The van der Waals surface area contributed by atoms with Crippen molar-refractivity contribution in [2.75, 3.05) is 0 Å². The van der Waals surface area contributed by atoms with E-state index >= 15 is 0 Å². The van der Waals surface area contributed by atoms with E-state index in [2.05, 4.69) is 31.9 Å². The molecule has 2 aliphatic carbocycles. The number of alkyl halides is 6. The Labute approximate surface area is 260 Å². The average molecular weight is 738 g/mol. The molecule has 0 bridgehead atoms. The Hall–Kier alpha value is -2.66. The molecule has 0 fully saturated rings. The summed E-state index contributed by atoms with van der Waals surface area (Å²) in [4.78, 5) is 1.70. The number of aryl methyl sites for hydroxylation is 2. The molecular formula is C32H16Br2F6S2. The molecule has 0 saturated carbocycles. The molecule has 2 heterocycles. The fraction of sp³-hybridized carbons (Fsp3) is 0.125. The summed E-state index contributed by atoms with van der Waals surface area (Å²) in [6.07, 6.45) is -8.99. The van der Waals surface area contributed by atoms with Crippen molar-refractivity contribution in [2.45, 2.75) is 26.2 Å². The number of hydrogen-bond acceptors (Lipinski definition) is 2. The van der Waals surface area contributed by atoms with E-state index in [9.17, 15) is 26.3 Å². The number of thiophene rings is 2. The third-order valence-corrected chi connectivity index (χ3v) is 10.8. The van der Waals surface area contributed by atoms with Gasteiger partial charge in [-0.3, -0.25) is 0 Å². The minimum absolute atomic E-state index is 0.471. The fourth-order valence-electron chi connectivity index (χ4n) is 5.95. The first-order valence-corrected chi connectivity index (χ1v) is 15.8. The van der Waals surface area contributed by atoms with Crippen molar-refractivity contribution in [3.05, 3.63) is 122 Å². The maximum atomic E-state index is 13.8. The normalized spacial score (nSPS) is 13.9. The predicted molar refractivity (Wildman–Crippen MR) is 163 cm³/mol. The summed E-state index contributed by atoms with van der Waals surface area (Å²) in [5.74, 6) is 0. The number of halogens is 8. The van der Waals surface area contributed by atoms with Crippen LogP contribution in [0.1, 0.15) is 43.1 Å². The zero-order valence-electron chi connectivity index (χ0n) is 21.6. The van der Waals surface area contributed by atoms with Crippen molar-refractivity contribution in [1.29, 1.82) is 0 Å². The highest BCUT2D eigenvalue weighted by Crippen LogP contribution is 2.48. The van der Waals surface area contributed by atoms with Crippen LogP contribution in [-0.2, 0) is 12.4 Å². The Morgan fingerprint density at radius 3 is 1.24 bits per heavy atom. The highest BCUT2D eigenvalue weighted by Gasteiger charge is 2.35. The van der Waals surface area contributed by atoms with Crippen LogP contribution in [0.3, 0.4) is 0 Å². The van der Waals surface area contributed by atoms with Crippen LogP contribution in [0.4, 0.5) is 26.3 Å². The number of hydrogen-bond donors (Lipinski definition) is 0. The third-order valence-electron chi connectivity index (χ3n) is 7.52. The van der Waals surface area contributed by atoms with Crippen molar-refractivity contribution in [2.24, 2.45) is 0 Å². The molecule has 0 saturated heterocycles. The summed E-state index contributed by atoms with van der Waals surface area (Å²) in [5, 5.41) is 1.60. The van der Waals surface area contributed by atoms with Crippen LogP contribution in [0.2, 0.25) is 0 Å². The van der Waals surface area contributed by atoms with Crippen LogP contribution in [0, 0.1) is 13.8 Å². The molecule has 42 heavy (non-hydrogen) atoms. The first kappa shape index (κ1) is 28.1. The lowest BCUT2D eigenvalue weighted by molar-refractivity contribution is -0.138. The molecule has 212 valence electrons. The molecule has 0 nitrogen and oxygen atoms in total. The molecule has 0 spiro atoms. The topological polar surface area (TPSA) is 0 Å². The first-order chi connectivity index (χ1) is 19.7. The number of benzene rings is 3. The van der Waals surface area contributed by atoms with Gasteiger partial charge in [0.15, 0.2) is 0 Å². The highest BCUT2D eigenvalue weighted by atomic mass is 79.9. The monoisotopic (exact) mass is 736 g/mol. The quantitative estimate of drug-likeness (QED) is 0.155.